The van der Waals surface area contributed by atoms with Crippen LogP contribution in [0.1, 0.15) is 54.1 Å². The van der Waals surface area contributed by atoms with Gasteiger partial charge in [-0.2, -0.15) is 0 Å². The second kappa shape index (κ2) is 11.4. The molecule has 1 aliphatic heterocycles. The molecule has 0 spiro atoms. The molecule has 1 heterocycles. The molecule has 2 amide bonds. The molecule has 1 saturated heterocycles. The van der Waals surface area contributed by atoms with Crippen molar-refractivity contribution in [1.82, 2.24) is 15.1 Å². The van der Waals surface area contributed by atoms with Crippen molar-refractivity contribution in [1.29, 1.82) is 0 Å². The molecule has 2 fully saturated rings. The number of hydrogen-bond acceptors (Lipinski definition) is 4. The van der Waals surface area contributed by atoms with E-state index in [9.17, 15) is 9.59 Å². The third-order valence-corrected chi connectivity index (χ3v) is 6.91. The lowest BCUT2D eigenvalue weighted by molar-refractivity contribution is -0.120. The fourth-order valence-corrected chi connectivity index (χ4v) is 4.80. The molecule has 0 aromatic heterocycles. The topological polar surface area (TPSA) is 64.7 Å². The first-order chi connectivity index (χ1) is 16.1. The second-order valence-corrected chi connectivity index (χ2v) is 9.45. The van der Waals surface area contributed by atoms with Crippen LogP contribution in [-0.4, -0.2) is 61.4 Å². The zero-order chi connectivity index (χ0) is 23.0. The number of carbonyl (C=O) groups is 2. The SMILES string of the molecule is CN1CCN(CC(NC(=O)c2cccc(NC(=O)C3CCCCC3)c2)c2ccccc2)CC1. The number of nitrogens with one attached hydrogen (secondary N) is 2. The smallest absolute Gasteiger partial charge is 0.251 e. The van der Waals surface area contributed by atoms with Crippen molar-refractivity contribution in [2.75, 3.05) is 45.1 Å². The minimum Gasteiger partial charge on any atom is -0.344 e. The maximum atomic E-state index is 13.2. The number of carbonyl (C=O) groups excluding carboxylic acids is 2. The summed E-state index contributed by atoms with van der Waals surface area (Å²) < 4.78 is 0. The molecule has 0 radical (unpaired) electrons. The number of nitrogens with zero attached hydrogens (tertiary/aromatic N) is 2. The largest absolute Gasteiger partial charge is 0.344 e. The lowest BCUT2D eigenvalue weighted by atomic mass is 9.88. The van der Waals surface area contributed by atoms with Crippen LogP contribution in [0, 0.1) is 5.92 Å². The highest BCUT2D eigenvalue weighted by atomic mass is 16.2. The summed E-state index contributed by atoms with van der Waals surface area (Å²) in [7, 11) is 2.15. The standard InChI is InChI=1S/C27H36N4O2/c1-30-15-17-31(18-16-30)20-25(21-9-4-2-5-10-21)29-27(33)23-13-8-14-24(19-23)28-26(32)22-11-6-3-7-12-22/h2,4-5,8-10,13-14,19,22,25H,3,6-7,11-12,15-18,20H2,1H3,(H,28,32)(H,29,33). The number of rotatable bonds is 7. The summed E-state index contributed by atoms with van der Waals surface area (Å²) >= 11 is 0. The molecule has 1 saturated carbocycles. The highest BCUT2D eigenvalue weighted by Crippen LogP contribution is 2.25. The predicted molar refractivity (Wildman–Crippen MR) is 132 cm³/mol. The Balaban J connectivity index is 1.42. The summed E-state index contributed by atoms with van der Waals surface area (Å²) in [5.74, 6) is 0.0403. The van der Waals surface area contributed by atoms with Crippen LogP contribution >= 0.6 is 0 Å². The van der Waals surface area contributed by atoms with Gasteiger partial charge in [0.1, 0.15) is 0 Å². The molecule has 1 unspecified atom stereocenters. The van der Waals surface area contributed by atoms with Gasteiger partial charge in [-0.1, -0.05) is 55.7 Å². The van der Waals surface area contributed by atoms with E-state index in [0.29, 0.717) is 11.3 Å². The fourth-order valence-electron chi connectivity index (χ4n) is 4.80. The zero-order valence-electron chi connectivity index (χ0n) is 19.6. The van der Waals surface area contributed by atoms with Gasteiger partial charge in [0.05, 0.1) is 6.04 Å². The van der Waals surface area contributed by atoms with Gasteiger partial charge in [0.15, 0.2) is 0 Å². The highest BCUT2D eigenvalue weighted by molar-refractivity contribution is 5.97. The second-order valence-electron chi connectivity index (χ2n) is 9.45. The van der Waals surface area contributed by atoms with Gasteiger partial charge < -0.3 is 15.5 Å². The average Bonchev–Trinajstić information content (AvgIpc) is 2.86. The van der Waals surface area contributed by atoms with Crippen LogP contribution < -0.4 is 10.6 Å². The van der Waals surface area contributed by atoms with Crippen LogP contribution in [0.2, 0.25) is 0 Å². The maximum absolute atomic E-state index is 13.2. The van der Waals surface area contributed by atoms with Crippen molar-refractivity contribution in [3.05, 3.63) is 65.7 Å². The lowest BCUT2D eigenvalue weighted by Gasteiger charge is -2.35. The van der Waals surface area contributed by atoms with Crippen LogP contribution in [0.15, 0.2) is 54.6 Å². The van der Waals surface area contributed by atoms with Crippen LogP contribution in [0.4, 0.5) is 5.69 Å². The average molecular weight is 449 g/mol. The Labute approximate surface area is 197 Å². The Kier molecular flexibility index (Phi) is 8.13. The number of piperazine rings is 1. The molecule has 2 N–H and O–H groups in total. The van der Waals surface area contributed by atoms with E-state index in [4.69, 9.17) is 0 Å². The van der Waals surface area contributed by atoms with Crippen LogP contribution in [0.5, 0.6) is 0 Å². The molecule has 2 aromatic carbocycles. The monoisotopic (exact) mass is 448 g/mol. The predicted octanol–water partition coefficient (Wildman–Crippen LogP) is 3.92. The number of hydrogen-bond donors (Lipinski definition) is 2. The summed E-state index contributed by atoms with van der Waals surface area (Å²) in [6.07, 6.45) is 5.37. The molecule has 176 valence electrons. The molecule has 2 aromatic rings. The summed E-state index contributed by atoms with van der Waals surface area (Å²) in [5, 5.41) is 6.28. The van der Waals surface area contributed by atoms with E-state index in [-0.39, 0.29) is 23.8 Å². The van der Waals surface area contributed by atoms with E-state index < -0.39 is 0 Å². The minimum atomic E-state index is -0.119. The van der Waals surface area contributed by atoms with E-state index in [1.165, 1.54) is 6.42 Å². The van der Waals surface area contributed by atoms with Crippen molar-refractivity contribution in [3.63, 3.8) is 0 Å². The van der Waals surface area contributed by atoms with Gasteiger partial charge in [0, 0.05) is 49.9 Å². The number of amides is 2. The van der Waals surface area contributed by atoms with Crippen LogP contribution in [0.25, 0.3) is 0 Å². The van der Waals surface area contributed by atoms with Gasteiger partial charge in [0.25, 0.3) is 5.91 Å². The summed E-state index contributed by atoms with van der Waals surface area (Å²) in [6.45, 7) is 4.86. The third kappa shape index (κ3) is 6.65. The molecule has 6 nitrogen and oxygen atoms in total. The van der Waals surface area contributed by atoms with Crippen molar-refractivity contribution in [2.24, 2.45) is 5.92 Å². The van der Waals surface area contributed by atoms with Gasteiger partial charge in [-0.25, -0.2) is 0 Å². The molecule has 1 aliphatic carbocycles. The Morgan fingerprint density at radius 2 is 1.67 bits per heavy atom. The summed E-state index contributed by atoms with van der Waals surface area (Å²) in [4.78, 5) is 30.6. The molecular formula is C27H36N4O2. The Morgan fingerprint density at radius 3 is 2.39 bits per heavy atom. The molecule has 2 aliphatic rings. The Bertz CT molecular complexity index is 919. The van der Waals surface area contributed by atoms with Gasteiger partial charge >= 0.3 is 0 Å². The molecule has 4 rings (SSSR count). The molecule has 0 bridgehead atoms. The summed E-state index contributed by atoms with van der Waals surface area (Å²) in [5.41, 5.74) is 2.36. The quantitative estimate of drug-likeness (QED) is 0.674. The van der Waals surface area contributed by atoms with Crippen molar-refractivity contribution < 1.29 is 9.59 Å². The van der Waals surface area contributed by atoms with Crippen LogP contribution in [-0.2, 0) is 4.79 Å². The van der Waals surface area contributed by atoms with Gasteiger partial charge in [-0.15, -0.1) is 0 Å². The van der Waals surface area contributed by atoms with E-state index in [1.54, 1.807) is 6.07 Å². The van der Waals surface area contributed by atoms with Crippen molar-refractivity contribution >= 4 is 17.5 Å². The van der Waals surface area contributed by atoms with Gasteiger partial charge in [-0.3, -0.25) is 14.5 Å². The van der Waals surface area contributed by atoms with Crippen molar-refractivity contribution in [3.8, 4) is 0 Å². The molecule has 1 atom stereocenters. The van der Waals surface area contributed by atoms with E-state index in [2.05, 4.69) is 39.6 Å². The van der Waals surface area contributed by atoms with E-state index in [0.717, 1.165) is 64.0 Å². The third-order valence-electron chi connectivity index (χ3n) is 6.91. The van der Waals surface area contributed by atoms with Gasteiger partial charge in [0.2, 0.25) is 5.91 Å². The molecule has 33 heavy (non-hydrogen) atoms. The van der Waals surface area contributed by atoms with Crippen molar-refractivity contribution in [2.45, 2.75) is 38.1 Å². The summed E-state index contributed by atoms with van der Waals surface area (Å²) in [6, 6.07) is 17.4. The Morgan fingerprint density at radius 1 is 0.939 bits per heavy atom. The van der Waals surface area contributed by atoms with Gasteiger partial charge in [-0.05, 0) is 43.7 Å². The Hall–Kier alpha value is -2.70. The lowest BCUT2D eigenvalue weighted by Crippen LogP contribution is -2.47. The first-order valence-corrected chi connectivity index (χ1v) is 12.3. The molecule has 6 heteroatoms. The zero-order valence-corrected chi connectivity index (χ0v) is 19.6. The first kappa shape index (κ1) is 23.5. The van der Waals surface area contributed by atoms with E-state index in [1.807, 2.05) is 36.4 Å². The van der Waals surface area contributed by atoms with Crippen LogP contribution in [0.3, 0.4) is 0 Å². The number of likely N-dealkylation sites (N-methyl/N-ethyl adjacent to an activating group) is 1. The molecular weight excluding hydrogens is 412 g/mol. The first-order valence-electron chi connectivity index (χ1n) is 12.3. The number of benzene rings is 2. The number of anilines is 1. The minimum absolute atomic E-state index is 0.0736. The fraction of sp³-hybridized carbons (Fsp3) is 0.481. The normalized spacial score (nSPS) is 19.1. The highest BCUT2D eigenvalue weighted by Gasteiger charge is 2.23. The maximum Gasteiger partial charge on any atom is 0.251 e. The van der Waals surface area contributed by atoms with E-state index >= 15 is 0 Å².